The summed E-state index contributed by atoms with van der Waals surface area (Å²) in [7, 11) is 0. The third-order valence-electron chi connectivity index (χ3n) is 2.80. The van der Waals surface area contributed by atoms with Crippen molar-refractivity contribution in [3.8, 4) is 6.07 Å². The summed E-state index contributed by atoms with van der Waals surface area (Å²) in [5, 5.41) is 9.19. The van der Waals surface area contributed by atoms with Gasteiger partial charge in [0.2, 0.25) is 0 Å². The molecule has 2 aromatic carbocycles. The minimum Gasteiger partial charge on any atom is -0.292 e. The van der Waals surface area contributed by atoms with E-state index in [0.717, 1.165) is 18.2 Å². The van der Waals surface area contributed by atoms with Gasteiger partial charge in [-0.3, -0.25) is 4.79 Å². The summed E-state index contributed by atoms with van der Waals surface area (Å²) in [5.74, 6) is -3.53. The van der Waals surface area contributed by atoms with Crippen LogP contribution in [-0.4, -0.2) is 5.78 Å². The molecule has 20 heavy (non-hydrogen) atoms. The van der Waals surface area contributed by atoms with E-state index >= 15 is 0 Å². The number of halogens is 3. The summed E-state index contributed by atoms with van der Waals surface area (Å²) in [4.78, 5) is 12.3. The van der Waals surface area contributed by atoms with Crippen molar-refractivity contribution in [1.29, 1.82) is 5.26 Å². The number of carbonyl (C=O) groups excluding carboxylic acids is 1. The van der Waals surface area contributed by atoms with Gasteiger partial charge in [-0.25, -0.2) is 8.78 Å². The highest BCUT2D eigenvalue weighted by Gasteiger charge is 2.26. The Bertz CT molecular complexity index is 709. The molecule has 1 unspecified atom stereocenters. The van der Waals surface area contributed by atoms with Gasteiger partial charge in [0.1, 0.15) is 17.6 Å². The second-order valence-corrected chi connectivity index (χ2v) is 4.93. The molecule has 0 heterocycles. The van der Waals surface area contributed by atoms with E-state index < -0.39 is 28.9 Å². The zero-order chi connectivity index (χ0) is 14.7. The van der Waals surface area contributed by atoms with Crippen LogP contribution in [0.15, 0.2) is 46.9 Å². The Morgan fingerprint density at radius 3 is 2.55 bits per heavy atom. The van der Waals surface area contributed by atoms with Crippen molar-refractivity contribution in [1.82, 2.24) is 0 Å². The van der Waals surface area contributed by atoms with Crippen LogP contribution in [0.1, 0.15) is 21.8 Å². The lowest BCUT2D eigenvalue weighted by Gasteiger charge is -2.11. The molecule has 2 nitrogen and oxygen atoms in total. The quantitative estimate of drug-likeness (QED) is 0.788. The number of hydrogen-bond donors (Lipinski definition) is 0. The van der Waals surface area contributed by atoms with E-state index in [1.54, 1.807) is 24.3 Å². The van der Waals surface area contributed by atoms with Crippen LogP contribution in [0.5, 0.6) is 0 Å². The van der Waals surface area contributed by atoms with Crippen LogP contribution in [0.25, 0.3) is 0 Å². The predicted octanol–water partition coefficient (Wildman–Crippen LogP) is 4.22. The summed E-state index contributed by atoms with van der Waals surface area (Å²) in [6.07, 6.45) is 0. The highest BCUT2D eigenvalue weighted by Crippen LogP contribution is 2.28. The fraction of sp³-hybridized carbons (Fsp3) is 0.0667. The molecule has 0 saturated heterocycles. The molecule has 2 rings (SSSR count). The Morgan fingerprint density at radius 2 is 1.90 bits per heavy atom. The van der Waals surface area contributed by atoms with Gasteiger partial charge in [0, 0.05) is 4.47 Å². The Labute approximate surface area is 122 Å². The Hall–Kier alpha value is -2.06. The Morgan fingerprint density at radius 1 is 1.20 bits per heavy atom. The summed E-state index contributed by atoms with van der Waals surface area (Å²) < 4.78 is 27.3. The van der Waals surface area contributed by atoms with Gasteiger partial charge in [-0.1, -0.05) is 34.1 Å². The molecule has 0 fully saturated rings. The first-order chi connectivity index (χ1) is 9.54. The van der Waals surface area contributed by atoms with Gasteiger partial charge >= 0.3 is 0 Å². The van der Waals surface area contributed by atoms with Crippen molar-refractivity contribution in [3.63, 3.8) is 0 Å². The molecule has 0 spiro atoms. The molecule has 5 heteroatoms. The number of nitriles is 1. The van der Waals surface area contributed by atoms with E-state index in [1.165, 1.54) is 0 Å². The van der Waals surface area contributed by atoms with Gasteiger partial charge in [0.25, 0.3) is 0 Å². The molecule has 0 bridgehead atoms. The van der Waals surface area contributed by atoms with Crippen LogP contribution >= 0.6 is 15.9 Å². The molecule has 0 amide bonds. The molecule has 0 aliphatic heterocycles. The summed E-state index contributed by atoms with van der Waals surface area (Å²) in [6.45, 7) is 0. The van der Waals surface area contributed by atoms with Crippen molar-refractivity contribution < 1.29 is 13.6 Å². The van der Waals surface area contributed by atoms with Gasteiger partial charge in [-0.05, 0) is 29.8 Å². The zero-order valence-electron chi connectivity index (χ0n) is 10.1. The molecule has 1 atom stereocenters. The minimum atomic E-state index is -1.19. The lowest BCUT2D eigenvalue weighted by atomic mass is 9.91. The first kappa shape index (κ1) is 14.4. The fourth-order valence-electron chi connectivity index (χ4n) is 1.82. The average molecular weight is 336 g/mol. The van der Waals surface area contributed by atoms with Gasteiger partial charge in [-0.2, -0.15) is 5.26 Å². The summed E-state index contributed by atoms with van der Waals surface area (Å²) in [6, 6.07) is 11.1. The smallest absolute Gasteiger partial charge is 0.187 e. The van der Waals surface area contributed by atoms with Gasteiger partial charge in [0.15, 0.2) is 5.78 Å². The van der Waals surface area contributed by atoms with Crippen LogP contribution < -0.4 is 0 Å². The molecule has 2 aromatic rings. The number of rotatable bonds is 3. The van der Waals surface area contributed by atoms with Crippen LogP contribution in [-0.2, 0) is 0 Å². The largest absolute Gasteiger partial charge is 0.292 e. The van der Waals surface area contributed by atoms with Crippen molar-refractivity contribution in [3.05, 3.63) is 69.7 Å². The molecule has 0 aliphatic rings. The van der Waals surface area contributed by atoms with Crippen LogP contribution in [0.3, 0.4) is 0 Å². The molecular formula is C15H8BrF2NO. The maximum atomic E-state index is 13.6. The Balaban J connectivity index is 2.48. The fourth-order valence-corrected chi connectivity index (χ4v) is 2.33. The molecule has 0 aromatic heterocycles. The van der Waals surface area contributed by atoms with E-state index in [4.69, 9.17) is 0 Å². The van der Waals surface area contributed by atoms with E-state index in [-0.39, 0.29) is 0 Å². The van der Waals surface area contributed by atoms with E-state index in [1.807, 2.05) is 6.07 Å². The molecule has 0 N–H and O–H groups in total. The summed E-state index contributed by atoms with van der Waals surface area (Å²) >= 11 is 3.24. The number of Topliss-reactive ketones (excluding diaryl/α,β-unsaturated/α-hetero) is 1. The first-order valence-corrected chi connectivity index (χ1v) is 6.47. The third kappa shape index (κ3) is 2.75. The molecule has 100 valence electrons. The van der Waals surface area contributed by atoms with Gasteiger partial charge in [-0.15, -0.1) is 0 Å². The third-order valence-corrected chi connectivity index (χ3v) is 3.52. The lowest BCUT2D eigenvalue weighted by Crippen LogP contribution is -2.14. The minimum absolute atomic E-state index is 0.420. The van der Waals surface area contributed by atoms with Crippen LogP contribution in [0.2, 0.25) is 0 Å². The number of hydrogen-bond acceptors (Lipinski definition) is 2. The highest BCUT2D eigenvalue weighted by molar-refractivity contribution is 9.10. The average Bonchev–Trinajstić information content (AvgIpc) is 2.44. The second-order valence-electron chi connectivity index (χ2n) is 4.07. The molecule has 0 saturated carbocycles. The Kier molecular flexibility index (Phi) is 4.26. The van der Waals surface area contributed by atoms with Crippen LogP contribution in [0.4, 0.5) is 8.78 Å². The van der Waals surface area contributed by atoms with Crippen molar-refractivity contribution in [2.75, 3.05) is 0 Å². The molecule has 0 aliphatic carbocycles. The molecular weight excluding hydrogens is 328 g/mol. The van der Waals surface area contributed by atoms with Crippen molar-refractivity contribution in [2.45, 2.75) is 5.92 Å². The maximum absolute atomic E-state index is 13.6. The lowest BCUT2D eigenvalue weighted by molar-refractivity contribution is 0.0974. The first-order valence-electron chi connectivity index (χ1n) is 5.68. The highest BCUT2D eigenvalue weighted by atomic mass is 79.9. The van der Waals surface area contributed by atoms with Crippen molar-refractivity contribution in [2.24, 2.45) is 0 Å². The molecule has 0 radical (unpaired) electrons. The van der Waals surface area contributed by atoms with E-state index in [0.29, 0.717) is 10.0 Å². The number of carbonyl (C=O) groups is 1. The second kappa shape index (κ2) is 5.93. The topological polar surface area (TPSA) is 40.9 Å². The standard InChI is InChI=1S/C15H8BrF2NO/c16-13-4-2-1-3-10(13)12(8-19)15(20)11-7-9(17)5-6-14(11)18/h1-7,12H. The van der Waals surface area contributed by atoms with E-state index in [9.17, 15) is 18.8 Å². The normalized spacial score (nSPS) is 11.7. The maximum Gasteiger partial charge on any atom is 0.187 e. The predicted molar refractivity (Wildman–Crippen MR) is 73.2 cm³/mol. The zero-order valence-corrected chi connectivity index (χ0v) is 11.7. The number of ketones is 1. The number of nitrogens with zero attached hydrogens (tertiary/aromatic N) is 1. The summed E-state index contributed by atoms with van der Waals surface area (Å²) in [5.41, 5.74) is -0.00374. The monoisotopic (exact) mass is 335 g/mol. The van der Waals surface area contributed by atoms with Gasteiger partial charge in [0.05, 0.1) is 11.6 Å². The SMILES string of the molecule is N#CC(C(=O)c1cc(F)ccc1F)c1ccccc1Br. The van der Waals surface area contributed by atoms with Gasteiger partial charge < -0.3 is 0 Å². The van der Waals surface area contributed by atoms with E-state index in [2.05, 4.69) is 15.9 Å². The number of benzene rings is 2. The van der Waals surface area contributed by atoms with Crippen molar-refractivity contribution >= 4 is 21.7 Å². The van der Waals surface area contributed by atoms with Crippen LogP contribution in [0, 0.1) is 23.0 Å².